The average Bonchev–Trinajstić information content (AvgIpc) is 3.17. The predicted octanol–water partition coefficient (Wildman–Crippen LogP) is 2.42. The Hall–Kier alpha value is -3.66. The number of aryl methyl sites for hydroxylation is 1. The van der Waals surface area contributed by atoms with Crippen LogP contribution in [-0.4, -0.2) is 63.7 Å². The van der Waals surface area contributed by atoms with Gasteiger partial charge in [-0.05, 0) is 42.8 Å². The summed E-state index contributed by atoms with van der Waals surface area (Å²) in [5, 5.41) is 5.93. The molecule has 2 aromatic heterocycles. The molecule has 3 aromatic rings. The van der Waals surface area contributed by atoms with Crippen LogP contribution in [0.2, 0.25) is 5.02 Å². The van der Waals surface area contributed by atoms with E-state index in [1.54, 1.807) is 16.9 Å². The molecule has 0 aliphatic carbocycles. The number of benzene rings is 1. The number of nitrogen functional groups attached to an aromatic ring is 1. The Kier molecular flexibility index (Phi) is 8.06. The van der Waals surface area contributed by atoms with Gasteiger partial charge in [0, 0.05) is 56.1 Å². The average molecular weight is 487 g/mol. The highest BCUT2D eigenvalue weighted by molar-refractivity contribution is 6.31. The van der Waals surface area contributed by atoms with Crippen LogP contribution in [0, 0.1) is 6.92 Å². The molecule has 0 spiro atoms. The Morgan fingerprint density at radius 1 is 1.06 bits per heavy atom. The molecule has 10 nitrogen and oxygen atoms in total. The molecule has 1 aromatic carbocycles. The van der Waals surface area contributed by atoms with Crippen molar-refractivity contribution in [3.63, 3.8) is 0 Å². The number of carbonyl (C=O) groups excluding carboxylic acids is 3. The van der Waals surface area contributed by atoms with Crippen LogP contribution in [-0.2, 0) is 25.7 Å². The third kappa shape index (κ3) is 6.44. The Balaban J connectivity index is 0.000000406. The van der Waals surface area contributed by atoms with Crippen LogP contribution in [0.5, 0.6) is 0 Å². The van der Waals surface area contributed by atoms with Crippen LogP contribution >= 0.6 is 11.6 Å². The fourth-order valence-electron chi connectivity index (χ4n) is 3.55. The van der Waals surface area contributed by atoms with E-state index in [4.69, 9.17) is 17.3 Å². The van der Waals surface area contributed by atoms with Crippen molar-refractivity contribution in [2.24, 2.45) is 0 Å². The first-order valence-corrected chi connectivity index (χ1v) is 11.1. The van der Waals surface area contributed by atoms with E-state index < -0.39 is 11.9 Å². The number of amides is 1. The summed E-state index contributed by atoms with van der Waals surface area (Å²) in [5.74, 6) is -0.667. The van der Waals surface area contributed by atoms with Gasteiger partial charge in [0.15, 0.2) is 5.65 Å². The third-order valence-electron chi connectivity index (χ3n) is 5.22. The lowest BCUT2D eigenvalue weighted by atomic mass is 10.2. The molecule has 1 aliphatic heterocycles. The standard InChI is InChI=1S/C19H21ClN6O.C4H6O3/c1-13-10-15(3-4-16(13)20)24-6-8-25(9-7-24)18(27)12-26-19-14(11-22-26)2-5-17(21)23-19;1-3(5)7-4(2)6/h2-5,10-11H,6-9,12H2,1H3,(H2,21,23);1-2H3. The summed E-state index contributed by atoms with van der Waals surface area (Å²) in [6.45, 7) is 7.46. The van der Waals surface area contributed by atoms with Gasteiger partial charge in [-0.3, -0.25) is 14.4 Å². The molecule has 1 fully saturated rings. The van der Waals surface area contributed by atoms with Gasteiger partial charge in [-0.1, -0.05) is 11.6 Å². The van der Waals surface area contributed by atoms with Gasteiger partial charge in [-0.15, -0.1) is 0 Å². The molecule has 2 N–H and O–H groups in total. The van der Waals surface area contributed by atoms with Crippen molar-refractivity contribution in [1.82, 2.24) is 19.7 Å². The lowest BCUT2D eigenvalue weighted by Crippen LogP contribution is -2.49. The van der Waals surface area contributed by atoms with Crippen LogP contribution < -0.4 is 10.6 Å². The zero-order valence-corrected chi connectivity index (χ0v) is 20.1. The molecular formula is C23H27ClN6O4. The van der Waals surface area contributed by atoms with Crippen molar-refractivity contribution in [3.8, 4) is 0 Å². The Morgan fingerprint density at radius 2 is 1.74 bits per heavy atom. The molecule has 1 saturated heterocycles. The summed E-state index contributed by atoms with van der Waals surface area (Å²) in [6.07, 6.45) is 1.70. The minimum absolute atomic E-state index is 0.0381. The molecular weight excluding hydrogens is 460 g/mol. The van der Waals surface area contributed by atoms with E-state index in [1.165, 1.54) is 13.8 Å². The maximum Gasteiger partial charge on any atom is 0.310 e. The molecule has 0 unspecified atom stereocenters. The summed E-state index contributed by atoms with van der Waals surface area (Å²) < 4.78 is 5.59. The second-order valence-corrected chi connectivity index (χ2v) is 8.24. The normalized spacial score (nSPS) is 13.3. The molecule has 3 heterocycles. The molecule has 11 heteroatoms. The van der Waals surface area contributed by atoms with E-state index in [9.17, 15) is 14.4 Å². The maximum absolute atomic E-state index is 12.7. The first-order valence-electron chi connectivity index (χ1n) is 10.7. The van der Waals surface area contributed by atoms with Crippen LogP contribution in [0.4, 0.5) is 11.5 Å². The number of halogens is 1. The molecule has 1 amide bonds. The van der Waals surface area contributed by atoms with Crippen LogP contribution in [0.1, 0.15) is 19.4 Å². The summed E-state index contributed by atoms with van der Waals surface area (Å²) in [5.41, 5.74) is 8.59. The molecule has 1 aliphatic rings. The number of fused-ring (bicyclic) bond motifs is 1. The van der Waals surface area contributed by atoms with Gasteiger partial charge in [-0.25, -0.2) is 9.67 Å². The Labute approximate surface area is 202 Å². The first kappa shape index (κ1) is 25.0. The first-order chi connectivity index (χ1) is 16.1. The largest absolute Gasteiger partial charge is 0.394 e. The van der Waals surface area contributed by atoms with E-state index in [2.05, 4.69) is 25.8 Å². The number of anilines is 2. The van der Waals surface area contributed by atoms with Crippen LogP contribution in [0.25, 0.3) is 11.0 Å². The van der Waals surface area contributed by atoms with Crippen LogP contribution in [0.15, 0.2) is 36.5 Å². The quantitative estimate of drug-likeness (QED) is 0.442. The molecule has 4 rings (SSSR count). The number of pyridine rings is 1. The van der Waals surface area contributed by atoms with E-state index in [0.29, 0.717) is 24.6 Å². The number of hydrogen-bond acceptors (Lipinski definition) is 8. The molecule has 180 valence electrons. The van der Waals surface area contributed by atoms with Crippen molar-refractivity contribution in [3.05, 3.63) is 47.1 Å². The predicted molar refractivity (Wildman–Crippen MR) is 129 cm³/mol. The topological polar surface area (TPSA) is 124 Å². The number of hydrogen-bond donors (Lipinski definition) is 1. The number of piperazine rings is 1. The van der Waals surface area contributed by atoms with Crippen molar-refractivity contribution < 1.29 is 19.1 Å². The second kappa shape index (κ2) is 11.0. The lowest BCUT2D eigenvalue weighted by Gasteiger charge is -2.36. The van der Waals surface area contributed by atoms with Crippen molar-refractivity contribution >= 4 is 52.0 Å². The minimum Gasteiger partial charge on any atom is -0.394 e. The highest BCUT2D eigenvalue weighted by Gasteiger charge is 2.22. The fraction of sp³-hybridized carbons (Fsp3) is 0.348. The Morgan fingerprint density at radius 3 is 2.32 bits per heavy atom. The minimum atomic E-state index is -0.562. The zero-order valence-electron chi connectivity index (χ0n) is 19.3. The van der Waals surface area contributed by atoms with Gasteiger partial charge < -0.3 is 20.3 Å². The lowest BCUT2D eigenvalue weighted by molar-refractivity contribution is -0.156. The number of esters is 2. The molecule has 34 heavy (non-hydrogen) atoms. The van der Waals surface area contributed by atoms with Gasteiger partial charge >= 0.3 is 11.9 Å². The summed E-state index contributed by atoms with van der Waals surface area (Å²) >= 11 is 6.11. The van der Waals surface area contributed by atoms with Gasteiger partial charge in [0.1, 0.15) is 12.4 Å². The number of ether oxygens (including phenoxy) is 1. The number of rotatable bonds is 3. The maximum atomic E-state index is 12.7. The van der Waals surface area contributed by atoms with Gasteiger partial charge in [-0.2, -0.15) is 5.10 Å². The molecule has 0 radical (unpaired) electrons. The van der Waals surface area contributed by atoms with E-state index in [-0.39, 0.29) is 12.5 Å². The smallest absolute Gasteiger partial charge is 0.310 e. The number of carbonyl (C=O) groups is 3. The SMILES string of the molecule is CC(=O)OC(C)=O.Cc1cc(N2CCN(C(=O)Cn3ncc4ccc(N)nc43)CC2)ccc1Cl. The van der Waals surface area contributed by atoms with Crippen LogP contribution in [0.3, 0.4) is 0 Å². The highest BCUT2D eigenvalue weighted by Crippen LogP contribution is 2.23. The third-order valence-corrected chi connectivity index (χ3v) is 5.64. The van der Waals surface area contributed by atoms with E-state index in [1.807, 2.05) is 30.0 Å². The molecule has 0 bridgehead atoms. The molecule has 0 atom stereocenters. The summed E-state index contributed by atoms with van der Waals surface area (Å²) in [6, 6.07) is 9.63. The van der Waals surface area contributed by atoms with Gasteiger partial charge in [0.2, 0.25) is 5.91 Å². The van der Waals surface area contributed by atoms with Crippen molar-refractivity contribution in [2.75, 3.05) is 36.8 Å². The monoisotopic (exact) mass is 486 g/mol. The number of nitrogens with zero attached hydrogens (tertiary/aromatic N) is 5. The highest BCUT2D eigenvalue weighted by atomic mass is 35.5. The van der Waals surface area contributed by atoms with Crippen molar-refractivity contribution in [1.29, 1.82) is 0 Å². The fourth-order valence-corrected chi connectivity index (χ4v) is 3.67. The Bertz CT molecular complexity index is 1190. The van der Waals surface area contributed by atoms with Gasteiger partial charge in [0.25, 0.3) is 0 Å². The van der Waals surface area contributed by atoms with Gasteiger partial charge in [0.05, 0.1) is 6.20 Å². The second-order valence-electron chi connectivity index (χ2n) is 7.84. The summed E-state index contributed by atoms with van der Waals surface area (Å²) in [7, 11) is 0. The van der Waals surface area contributed by atoms with E-state index in [0.717, 1.165) is 34.7 Å². The van der Waals surface area contributed by atoms with Crippen molar-refractivity contribution in [2.45, 2.75) is 27.3 Å². The number of nitrogens with two attached hydrogens (primary N) is 1. The summed E-state index contributed by atoms with van der Waals surface area (Å²) in [4.78, 5) is 40.8. The zero-order chi connectivity index (χ0) is 24.8. The molecule has 0 saturated carbocycles. The number of aromatic nitrogens is 3. The van der Waals surface area contributed by atoms with E-state index >= 15 is 0 Å².